The van der Waals surface area contributed by atoms with Gasteiger partial charge in [-0.05, 0) is 84.4 Å². The molecule has 0 saturated carbocycles. The third-order valence-electron chi connectivity index (χ3n) is 7.19. The molecule has 6 heteroatoms. The van der Waals surface area contributed by atoms with E-state index < -0.39 is 0 Å². The first-order valence-electron chi connectivity index (χ1n) is 13.1. The summed E-state index contributed by atoms with van der Waals surface area (Å²) in [7, 11) is 0. The van der Waals surface area contributed by atoms with Crippen molar-refractivity contribution in [3.8, 4) is 0 Å². The number of ether oxygens (including phenoxy) is 2. The second kappa shape index (κ2) is 9.14. The minimum atomic E-state index is -0.331. The molecule has 0 atom stereocenters. The highest BCUT2D eigenvalue weighted by Gasteiger charge is 2.40. The van der Waals surface area contributed by atoms with Crippen LogP contribution in [0.4, 0.5) is 0 Å². The molecule has 2 aromatic rings. The van der Waals surface area contributed by atoms with Gasteiger partial charge in [0.05, 0.1) is 11.1 Å². The average Bonchev–Trinajstić information content (AvgIpc) is 2.68. The molecule has 196 valence electrons. The molecule has 2 heterocycles. The highest BCUT2D eigenvalue weighted by molar-refractivity contribution is 6.06. The van der Waals surface area contributed by atoms with E-state index in [9.17, 15) is 9.59 Å². The molecule has 2 aliphatic heterocycles. The lowest BCUT2D eigenvalue weighted by Gasteiger charge is -2.45. The lowest BCUT2D eigenvalue weighted by Crippen LogP contribution is -2.59. The van der Waals surface area contributed by atoms with Crippen molar-refractivity contribution < 1.29 is 19.1 Å². The van der Waals surface area contributed by atoms with Gasteiger partial charge in [-0.3, -0.25) is 0 Å². The van der Waals surface area contributed by atoms with Crippen molar-refractivity contribution in [3.05, 3.63) is 47.5 Å². The molecule has 0 radical (unpaired) electrons. The van der Waals surface area contributed by atoms with Crippen molar-refractivity contribution >= 4 is 22.7 Å². The maximum atomic E-state index is 13.2. The fourth-order valence-corrected chi connectivity index (χ4v) is 6.65. The largest absolute Gasteiger partial charge is 0.459 e. The van der Waals surface area contributed by atoms with E-state index in [0.717, 1.165) is 36.5 Å². The zero-order chi connectivity index (χ0) is 26.5. The second-order valence-electron chi connectivity index (χ2n) is 13.4. The minimum absolute atomic E-state index is 0.107. The molecule has 2 aromatic carbocycles. The Morgan fingerprint density at radius 3 is 1.67 bits per heavy atom. The molecule has 2 aliphatic rings. The zero-order valence-corrected chi connectivity index (χ0v) is 23.1. The molecule has 2 N–H and O–H groups in total. The van der Waals surface area contributed by atoms with Crippen LogP contribution >= 0.6 is 0 Å². The standard InChI is InChI=1S/C30H42N2O4/c1-27(2)15-21(16-28(3,4)31-27)35-25(33)20-12-13-23-19(14-20)10-9-11-24(23)26(34)36-22-17-29(5,6)32-30(7,8)18-22/h9-14,21-22,31-32H,15-18H2,1-8H3. The van der Waals surface area contributed by atoms with Gasteiger partial charge in [-0.25, -0.2) is 9.59 Å². The monoisotopic (exact) mass is 494 g/mol. The van der Waals surface area contributed by atoms with E-state index in [1.54, 1.807) is 12.1 Å². The predicted octanol–water partition coefficient (Wildman–Crippen LogP) is 5.77. The number of benzene rings is 2. The SMILES string of the molecule is CC1(C)CC(OC(=O)c2ccc3c(C(=O)OC4CC(C)(C)NC(C)(C)C4)cccc3c2)CC(C)(C)N1. The molecule has 0 aliphatic carbocycles. The van der Waals surface area contributed by atoms with Crippen molar-refractivity contribution in [2.75, 3.05) is 0 Å². The van der Waals surface area contributed by atoms with Crippen LogP contribution in [0.15, 0.2) is 36.4 Å². The van der Waals surface area contributed by atoms with Gasteiger partial charge in [0.15, 0.2) is 0 Å². The summed E-state index contributed by atoms with van der Waals surface area (Å²) >= 11 is 0. The van der Waals surface area contributed by atoms with E-state index in [4.69, 9.17) is 9.47 Å². The topological polar surface area (TPSA) is 76.7 Å². The number of nitrogens with one attached hydrogen (secondary N) is 2. The smallest absolute Gasteiger partial charge is 0.339 e. The number of fused-ring (bicyclic) bond motifs is 1. The highest BCUT2D eigenvalue weighted by Crippen LogP contribution is 2.33. The average molecular weight is 495 g/mol. The molecule has 0 unspecified atom stereocenters. The van der Waals surface area contributed by atoms with Gasteiger partial charge in [0.1, 0.15) is 12.2 Å². The summed E-state index contributed by atoms with van der Waals surface area (Å²) in [5.41, 5.74) is 0.570. The van der Waals surface area contributed by atoms with Crippen molar-refractivity contribution in [2.45, 2.75) is 115 Å². The zero-order valence-electron chi connectivity index (χ0n) is 23.1. The van der Waals surface area contributed by atoms with Crippen molar-refractivity contribution in [1.82, 2.24) is 10.6 Å². The number of hydrogen-bond donors (Lipinski definition) is 2. The van der Waals surface area contributed by atoms with E-state index in [2.05, 4.69) is 66.0 Å². The quantitative estimate of drug-likeness (QED) is 0.526. The van der Waals surface area contributed by atoms with E-state index in [1.807, 2.05) is 24.3 Å². The molecule has 0 spiro atoms. The second-order valence-corrected chi connectivity index (χ2v) is 13.4. The lowest BCUT2D eigenvalue weighted by atomic mass is 9.81. The Bertz CT molecular complexity index is 1130. The van der Waals surface area contributed by atoms with E-state index in [1.165, 1.54) is 0 Å². The third-order valence-corrected chi connectivity index (χ3v) is 7.19. The van der Waals surface area contributed by atoms with Crippen LogP contribution in [0.3, 0.4) is 0 Å². The first-order valence-corrected chi connectivity index (χ1v) is 13.1. The summed E-state index contributed by atoms with van der Waals surface area (Å²) < 4.78 is 11.9. The van der Waals surface area contributed by atoms with Crippen LogP contribution in [0.2, 0.25) is 0 Å². The lowest BCUT2D eigenvalue weighted by molar-refractivity contribution is -0.00749. The summed E-state index contributed by atoms with van der Waals surface area (Å²) in [5, 5.41) is 8.83. The van der Waals surface area contributed by atoms with Gasteiger partial charge in [0.2, 0.25) is 0 Å². The normalized spacial score (nSPS) is 23.2. The summed E-state index contributed by atoms with van der Waals surface area (Å²) in [6.07, 6.45) is 2.72. The Hall–Kier alpha value is -2.44. The van der Waals surface area contributed by atoms with Crippen LogP contribution in [0, 0.1) is 0 Å². The van der Waals surface area contributed by atoms with E-state index in [-0.39, 0.29) is 46.3 Å². The minimum Gasteiger partial charge on any atom is -0.459 e. The molecule has 0 bridgehead atoms. The summed E-state index contributed by atoms with van der Waals surface area (Å²) in [4.78, 5) is 26.3. The molecule has 2 fully saturated rings. The Morgan fingerprint density at radius 1 is 0.694 bits per heavy atom. The summed E-state index contributed by atoms with van der Waals surface area (Å²) in [6.45, 7) is 17.1. The first kappa shape index (κ1) is 26.6. The van der Waals surface area contributed by atoms with Crippen LogP contribution < -0.4 is 10.6 Å². The number of hydrogen-bond acceptors (Lipinski definition) is 6. The third kappa shape index (κ3) is 6.27. The molecule has 36 heavy (non-hydrogen) atoms. The van der Waals surface area contributed by atoms with Gasteiger partial charge < -0.3 is 20.1 Å². The number of carbonyl (C=O) groups is 2. The predicted molar refractivity (Wildman–Crippen MR) is 143 cm³/mol. The van der Waals surface area contributed by atoms with Gasteiger partial charge in [-0.1, -0.05) is 18.2 Å². The van der Waals surface area contributed by atoms with Gasteiger partial charge in [-0.2, -0.15) is 0 Å². The van der Waals surface area contributed by atoms with Gasteiger partial charge >= 0.3 is 11.9 Å². The Kier molecular flexibility index (Phi) is 6.76. The molecular weight excluding hydrogens is 452 g/mol. The number of piperidine rings is 2. The van der Waals surface area contributed by atoms with E-state index in [0.29, 0.717) is 11.1 Å². The van der Waals surface area contributed by atoms with E-state index >= 15 is 0 Å². The molecular formula is C30H42N2O4. The number of esters is 2. The van der Waals surface area contributed by atoms with Crippen LogP contribution in [-0.2, 0) is 9.47 Å². The van der Waals surface area contributed by atoms with Gasteiger partial charge in [0, 0.05) is 47.8 Å². The van der Waals surface area contributed by atoms with Crippen LogP contribution in [0.5, 0.6) is 0 Å². The molecule has 4 rings (SSSR count). The van der Waals surface area contributed by atoms with Crippen LogP contribution in [-0.4, -0.2) is 46.3 Å². The molecule has 0 aromatic heterocycles. The van der Waals surface area contributed by atoms with Gasteiger partial charge in [0.25, 0.3) is 0 Å². The Labute approximate surface area is 215 Å². The maximum absolute atomic E-state index is 13.2. The number of rotatable bonds is 4. The van der Waals surface area contributed by atoms with Crippen molar-refractivity contribution in [2.24, 2.45) is 0 Å². The fraction of sp³-hybridized carbons (Fsp3) is 0.600. The number of carbonyl (C=O) groups excluding carboxylic acids is 2. The van der Waals surface area contributed by atoms with Crippen LogP contribution in [0.1, 0.15) is 102 Å². The highest BCUT2D eigenvalue weighted by atomic mass is 16.5. The Morgan fingerprint density at radius 2 is 1.17 bits per heavy atom. The summed E-state index contributed by atoms with van der Waals surface area (Å²) in [6, 6.07) is 10.9. The molecule has 6 nitrogen and oxygen atoms in total. The molecule has 2 saturated heterocycles. The van der Waals surface area contributed by atoms with Crippen molar-refractivity contribution in [3.63, 3.8) is 0 Å². The van der Waals surface area contributed by atoms with Crippen molar-refractivity contribution in [1.29, 1.82) is 0 Å². The molecule has 0 amide bonds. The fourth-order valence-electron chi connectivity index (χ4n) is 6.65. The van der Waals surface area contributed by atoms with Crippen LogP contribution in [0.25, 0.3) is 10.8 Å². The first-order chi connectivity index (χ1) is 16.5. The maximum Gasteiger partial charge on any atom is 0.339 e. The Balaban J connectivity index is 1.50. The summed E-state index contributed by atoms with van der Waals surface area (Å²) in [5.74, 6) is -0.656. The van der Waals surface area contributed by atoms with Gasteiger partial charge in [-0.15, -0.1) is 0 Å².